The van der Waals surface area contributed by atoms with Gasteiger partial charge in [0.25, 0.3) is 0 Å². The first kappa shape index (κ1) is 20.0. The largest absolute Gasteiger partial charge is 0.351 e. The van der Waals surface area contributed by atoms with Crippen LogP contribution in [0.25, 0.3) is 0 Å². The van der Waals surface area contributed by atoms with Crippen molar-refractivity contribution in [2.45, 2.75) is 19.0 Å². The number of carbonyl (C=O) groups is 2. The summed E-state index contributed by atoms with van der Waals surface area (Å²) >= 11 is 0. The van der Waals surface area contributed by atoms with Crippen molar-refractivity contribution in [3.05, 3.63) is 71.8 Å². The first-order chi connectivity index (χ1) is 13.6. The molecule has 2 aromatic rings. The molecule has 1 saturated heterocycles. The van der Waals surface area contributed by atoms with E-state index in [1.165, 1.54) is 0 Å². The van der Waals surface area contributed by atoms with Crippen LogP contribution in [0.15, 0.2) is 60.7 Å². The van der Waals surface area contributed by atoms with Crippen LogP contribution in [-0.2, 0) is 16.1 Å². The van der Waals surface area contributed by atoms with Crippen LogP contribution in [0.2, 0.25) is 0 Å². The number of amides is 2. The van der Waals surface area contributed by atoms with E-state index in [0.29, 0.717) is 45.7 Å². The van der Waals surface area contributed by atoms with E-state index in [0.717, 1.165) is 11.1 Å². The van der Waals surface area contributed by atoms with Crippen molar-refractivity contribution in [1.29, 1.82) is 0 Å². The molecule has 0 saturated carbocycles. The molecule has 1 fully saturated rings. The van der Waals surface area contributed by atoms with E-state index in [4.69, 9.17) is 5.73 Å². The molecule has 0 radical (unpaired) electrons. The van der Waals surface area contributed by atoms with E-state index in [1.807, 2.05) is 65.6 Å². The third kappa shape index (κ3) is 5.90. The molecule has 1 aliphatic rings. The second kappa shape index (κ2) is 10.0. The molecule has 1 unspecified atom stereocenters. The predicted molar refractivity (Wildman–Crippen MR) is 109 cm³/mol. The van der Waals surface area contributed by atoms with Gasteiger partial charge < -0.3 is 16.0 Å². The minimum atomic E-state index is -0.282. The number of benzene rings is 2. The Morgan fingerprint density at radius 2 is 1.54 bits per heavy atom. The summed E-state index contributed by atoms with van der Waals surface area (Å²) in [4.78, 5) is 28.6. The van der Waals surface area contributed by atoms with Crippen molar-refractivity contribution in [2.24, 2.45) is 5.73 Å². The summed E-state index contributed by atoms with van der Waals surface area (Å²) in [5.74, 6) is 0.0826. The van der Waals surface area contributed by atoms with Crippen molar-refractivity contribution in [3.63, 3.8) is 0 Å². The number of nitrogens with one attached hydrogen (secondary N) is 1. The lowest BCUT2D eigenvalue weighted by atomic mass is 10.0. The zero-order valence-corrected chi connectivity index (χ0v) is 16.1. The number of hydrogen-bond acceptors (Lipinski definition) is 4. The third-order valence-electron chi connectivity index (χ3n) is 5.05. The van der Waals surface area contributed by atoms with Crippen LogP contribution in [0.1, 0.15) is 23.6 Å². The molecule has 3 rings (SSSR count). The van der Waals surface area contributed by atoms with E-state index in [-0.39, 0.29) is 17.9 Å². The van der Waals surface area contributed by atoms with Crippen LogP contribution >= 0.6 is 0 Å². The Balaban J connectivity index is 1.38. The fraction of sp³-hybridized carbons (Fsp3) is 0.364. The number of hydrogen-bond donors (Lipinski definition) is 2. The van der Waals surface area contributed by atoms with Crippen molar-refractivity contribution in [3.8, 4) is 0 Å². The SMILES string of the molecule is NC(CC(=O)N1CCN(CC(=O)NCc2ccccc2)CC1)c1ccccc1. The van der Waals surface area contributed by atoms with Gasteiger partial charge in [0.05, 0.1) is 6.54 Å². The van der Waals surface area contributed by atoms with Crippen LogP contribution in [0.4, 0.5) is 0 Å². The fourth-order valence-electron chi connectivity index (χ4n) is 3.35. The van der Waals surface area contributed by atoms with Gasteiger partial charge in [-0.3, -0.25) is 14.5 Å². The molecule has 2 amide bonds. The molecule has 0 bridgehead atoms. The summed E-state index contributed by atoms with van der Waals surface area (Å²) < 4.78 is 0. The monoisotopic (exact) mass is 380 g/mol. The van der Waals surface area contributed by atoms with Crippen LogP contribution < -0.4 is 11.1 Å². The van der Waals surface area contributed by atoms with Gasteiger partial charge in [0.15, 0.2) is 0 Å². The summed E-state index contributed by atoms with van der Waals surface area (Å²) in [6.45, 7) is 3.56. The number of carbonyl (C=O) groups excluding carboxylic acids is 2. The first-order valence-corrected chi connectivity index (χ1v) is 9.73. The van der Waals surface area contributed by atoms with Gasteiger partial charge in [0, 0.05) is 45.2 Å². The molecule has 0 aliphatic carbocycles. The Bertz CT molecular complexity index is 759. The topological polar surface area (TPSA) is 78.7 Å². The van der Waals surface area contributed by atoms with E-state index >= 15 is 0 Å². The maximum atomic E-state index is 12.5. The van der Waals surface area contributed by atoms with E-state index in [1.54, 1.807) is 0 Å². The molecular formula is C22H28N4O2. The Hall–Kier alpha value is -2.70. The molecule has 148 valence electrons. The Morgan fingerprint density at radius 1 is 0.929 bits per heavy atom. The maximum absolute atomic E-state index is 12.5. The molecule has 28 heavy (non-hydrogen) atoms. The minimum absolute atomic E-state index is 0.00901. The highest BCUT2D eigenvalue weighted by atomic mass is 16.2. The molecule has 1 heterocycles. The van der Waals surface area contributed by atoms with Gasteiger partial charge in [-0.2, -0.15) is 0 Å². The molecule has 6 nitrogen and oxygen atoms in total. The van der Waals surface area contributed by atoms with Gasteiger partial charge in [-0.05, 0) is 11.1 Å². The Morgan fingerprint density at radius 3 is 2.18 bits per heavy atom. The second-order valence-corrected chi connectivity index (χ2v) is 7.14. The van der Waals surface area contributed by atoms with Crippen LogP contribution in [0.5, 0.6) is 0 Å². The smallest absolute Gasteiger partial charge is 0.234 e. The van der Waals surface area contributed by atoms with Gasteiger partial charge in [-0.15, -0.1) is 0 Å². The summed E-state index contributed by atoms with van der Waals surface area (Å²) in [6.07, 6.45) is 0.307. The van der Waals surface area contributed by atoms with Crippen molar-refractivity contribution in [2.75, 3.05) is 32.7 Å². The first-order valence-electron chi connectivity index (χ1n) is 9.73. The summed E-state index contributed by atoms with van der Waals surface area (Å²) in [7, 11) is 0. The Labute approximate surface area is 166 Å². The standard InChI is InChI=1S/C22H28N4O2/c23-20(19-9-5-2-6-10-19)15-22(28)26-13-11-25(12-14-26)17-21(27)24-16-18-7-3-1-4-8-18/h1-10,20H,11-17,23H2,(H,24,27). The van der Waals surface area contributed by atoms with Crippen molar-refractivity contribution in [1.82, 2.24) is 15.1 Å². The molecule has 2 aromatic carbocycles. The third-order valence-corrected chi connectivity index (χ3v) is 5.05. The van der Waals surface area contributed by atoms with E-state index in [2.05, 4.69) is 10.2 Å². The van der Waals surface area contributed by atoms with Gasteiger partial charge in [0.2, 0.25) is 11.8 Å². The highest BCUT2D eigenvalue weighted by molar-refractivity contribution is 5.78. The zero-order chi connectivity index (χ0) is 19.8. The van der Waals surface area contributed by atoms with Gasteiger partial charge in [0.1, 0.15) is 0 Å². The van der Waals surface area contributed by atoms with Crippen LogP contribution in [-0.4, -0.2) is 54.3 Å². The number of piperazine rings is 1. The predicted octanol–water partition coefficient (Wildman–Crippen LogP) is 1.54. The lowest BCUT2D eigenvalue weighted by Crippen LogP contribution is -2.51. The Kier molecular flexibility index (Phi) is 7.17. The van der Waals surface area contributed by atoms with E-state index in [9.17, 15) is 9.59 Å². The van der Waals surface area contributed by atoms with Gasteiger partial charge in [-0.1, -0.05) is 60.7 Å². The van der Waals surface area contributed by atoms with Gasteiger partial charge in [-0.25, -0.2) is 0 Å². The lowest BCUT2D eigenvalue weighted by Gasteiger charge is -2.34. The van der Waals surface area contributed by atoms with Crippen LogP contribution in [0.3, 0.4) is 0 Å². The highest BCUT2D eigenvalue weighted by Gasteiger charge is 2.23. The minimum Gasteiger partial charge on any atom is -0.351 e. The molecule has 3 N–H and O–H groups in total. The maximum Gasteiger partial charge on any atom is 0.234 e. The average molecular weight is 380 g/mol. The molecule has 1 aliphatic heterocycles. The van der Waals surface area contributed by atoms with Crippen molar-refractivity contribution >= 4 is 11.8 Å². The van der Waals surface area contributed by atoms with Crippen molar-refractivity contribution < 1.29 is 9.59 Å². The average Bonchev–Trinajstić information content (AvgIpc) is 2.74. The van der Waals surface area contributed by atoms with E-state index < -0.39 is 0 Å². The zero-order valence-electron chi connectivity index (χ0n) is 16.1. The summed E-state index contributed by atoms with van der Waals surface area (Å²) in [6, 6.07) is 19.3. The van der Waals surface area contributed by atoms with Crippen LogP contribution in [0, 0.1) is 0 Å². The number of rotatable bonds is 7. The summed E-state index contributed by atoms with van der Waals surface area (Å²) in [5, 5.41) is 2.95. The molecule has 0 spiro atoms. The molecule has 6 heteroatoms. The summed E-state index contributed by atoms with van der Waals surface area (Å²) in [5.41, 5.74) is 8.23. The molecule has 0 aromatic heterocycles. The van der Waals surface area contributed by atoms with Gasteiger partial charge >= 0.3 is 0 Å². The quantitative estimate of drug-likeness (QED) is 0.764. The second-order valence-electron chi connectivity index (χ2n) is 7.14. The molecule has 1 atom stereocenters. The number of nitrogens with zero attached hydrogens (tertiary/aromatic N) is 2. The normalized spacial score (nSPS) is 15.8. The lowest BCUT2D eigenvalue weighted by molar-refractivity contribution is -0.133. The molecular weight excluding hydrogens is 352 g/mol. The fourth-order valence-corrected chi connectivity index (χ4v) is 3.35. The number of nitrogens with two attached hydrogens (primary N) is 1. The highest BCUT2D eigenvalue weighted by Crippen LogP contribution is 2.15.